The summed E-state index contributed by atoms with van der Waals surface area (Å²) in [6.07, 6.45) is 10.5. The number of nitrogens with one attached hydrogen (secondary N) is 2. The maximum atomic E-state index is 13.1. The SMILES string of the molecule is O=C1C[C@@H]2CCCC[C@@]23N[C@@H]2[C@H](C(=O)N3N1)[C@H]1C=C[C@@H]2C1. The van der Waals surface area contributed by atoms with Gasteiger partial charge in [-0.05, 0) is 37.5 Å². The van der Waals surface area contributed by atoms with Gasteiger partial charge in [-0.25, -0.2) is 5.01 Å². The Morgan fingerprint density at radius 1 is 1.19 bits per heavy atom. The first-order chi connectivity index (χ1) is 10.2. The van der Waals surface area contributed by atoms with Crippen molar-refractivity contribution in [3.8, 4) is 0 Å². The Kier molecular flexibility index (Phi) is 2.26. The fraction of sp³-hybridized carbons (Fsp3) is 0.750. The smallest absolute Gasteiger partial charge is 0.248 e. The van der Waals surface area contributed by atoms with Gasteiger partial charge in [0.25, 0.3) is 0 Å². The largest absolute Gasteiger partial charge is 0.289 e. The van der Waals surface area contributed by atoms with Gasteiger partial charge in [0.15, 0.2) is 0 Å². The number of rotatable bonds is 0. The van der Waals surface area contributed by atoms with Crippen molar-refractivity contribution in [1.29, 1.82) is 0 Å². The van der Waals surface area contributed by atoms with Crippen LogP contribution >= 0.6 is 0 Å². The van der Waals surface area contributed by atoms with Gasteiger partial charge in [-0.2, -0.15) is 0 Å². The van der Waals surface area contributed by atoms with Crippen LogP contribution in [0.3, 0.4) is 0 Å². The summed E-state index contributed by atoms with van der Waals surface area (Å²) in [5.41, 5.74) is 2.57. The van der Waals surface area contributed by atoms with Crippen molar-refractivity contribution in [1.82, 2.24) is 15.8 Å². The lowest BCUT2D eigenvalue weighted by Crippen LogP contribution is -2.80. The molecule has 2 aliphatic heterocycles. The molecule has 5 heteroatoms. The molecule has 2 saturated heterocycles. The zero-order valence-electron chi connectivity index (χ0n) is 12.0. The quantitative estimate of drug-likeness (QED) is 0.652. The number of fused-ring (bicyclic) bond motifs is 5. The van der Waals surface area contributed by atoms with Gasteiger partial charge in [-0.15, -0.1) is 0 Å². The molecule has 2 amide bonds. The van der Waals surface area contributed by atoms with E-state index in [2.05, 4.69) is 22.9 Å². The number of hydrazine groups is 1. The molecular weight excluding hydrogens is 266 g/mol. The number of hydrogen-bond acceptors (Lipinski definition) is 3. The van der Waals surface area contributed by atoms with Crippen molar-refractivity contribution in [3.63, 3.8) is 0 Å². The van der Waals surface area contributed by atoms with Gasteiger partial charge < -0.3 is 0 Å². The predicted molar refractivity (Wildman–Crippen MR) is 75.4 cm³/mol. The Morgan fingerprint density at radius 3 is 2.95 bits per heavy atom. The molecule has 2 heterocycles. The number of carbonyl (C=O) groups is 2. The second kappa shape index (κ2) is 3.88. The highest BCUT2D eigenvalue weighted by atomic mass is 16.2. The summed E-state index contributed by atoms with van der Waals surface area (Å²) < 4.78 is 0. The molecule has 5 nitrogen and oxygen atoms in total. The van der Waals surface area contributed by atoms with Gasteiger partial charge in [-0.3, -0.25) is 20.3 Å². The fourth-order valence-corrected chi connectivity index (χ4v) is 5.59. The molecule has 112 valence electrons. The Labute approximate surface area is 124 Å². The minimum atomic E-state index is -0.317. The highest BCUT2D eigenvalue weighted by Gasteiger charge is 2.62. The average molecular weight is 287 g/mol. The van der Waals surface area contributed by atoms with Crippen molar-refractivity contribution >= 4 is 11.8 Å². The molecule has 2 N–H and O–H groups in total. The molecule has 0 aromatic rings. The Morgan fingerprint density at radius 2 is 2.05 bits per heavy atom. The van der Waals surface area contributed by atoms with Crippen LogP contribution in [0.1, 0.15) is 38.5 Å². The highest BCUT2D eigenvalue weighted by molar-refractivity contribution is 5.88. The van der Waals surface area contributed by atoms with E-state index in [4.69, 9.17) is 0 Å². The predicted octanol–water partition coefficient (Wildman–Crippen LogP) is 0.930. The second-order valence-corrected chi connectivity index (χ2v) is 7.42. The lowest BCUT2D eigenvalue weighted by atomic mass is 9.71. The molecular formula is C16H21N3O2. The van der Waals surface area contributed by atoms with E-state index >= 15 is 0 Å². The summed E-state index contributed by atoms with van der Waals surface area (Å²) in [6.45, 7) is 0. The normalized spacial score (nSPS) is 50.5. The number of hydrogen-bond donors (Lipinski definition) is 2. The Hall–Kier alpha value is -1.36. The molecule has 5 aliphatic rings. The first-order valence-corrected chi connectivity index (χ1v) is 8.29. The zero-order valence-corrected chi connectivity index (χ0v) is 12.0. The monoisotopic (exact) mass is 287 g/mol. The number of carbonyl (C=O) groups excluding carboxylic acids is 2. The van der Waals surface area contributed by atoms with Crippen LogP contribution in [-0.4, -0.2) is 28.5 Å². The average Bonchev–Trinajstić information content (AvgIpc) is 3.07. The van der Waals surface area contributed by atoms with Crippen LogP contribution in [0.2, 0.25) is 0 Å². The second-order valence-electron chi connectivity index (χ2n) is 7.42. The van der Waals surface area contributed by atoms with Gasteiger partial charge in [0.1, 0.15) is 5.66 Å². The maximum absolute atomic E-state index is 13.1. The summed E-state index contributed by atoms with van der Waals surface area (Å²) in [6, 6.07) is 0.277. The van der Waals surface area contributed by atoms with Gasteiger partial charge in [0.2, 0.25) is 11.8 Å². The summed E-state index contributed by atoms with van der Waals surface area (Å²) in [7, 11) is 0. The van der Waals surface area contributed by atoms with Crippen LogP contribution in [0.5, 0.6) is 0 Å². The van der Waals surface area contributed by atoms with Crippen LogP contribution in [0, 0.1) is 23.7 Å². The van der Waals surface area contributed by atoms with E-state index in [1.165, 1.54) is 6.42 Å². The fourth-order valence-electron chi connectivity index (χ4n) is 5.59. The number of nitrogens with zero attached hydrogens (tertiary/aromatic N) is 1. The minimum absolute atomic E-state index is 0.00447. The first-order valence-electron chi connectivity index (χ1n) is 8.29. The molecule has 5 rings (SSSR count). The van der Waals surface area contributed by atoms with Crippen molar-refractivity contribution in [2.24, 2.45) is 23.7 Å². The molecule has 2 bridgehead atoms. The molecule has 0 aromatic heterocycles. The Balaban J connectivity index is 1.59. The van der Waals surface area contributed by atoms with Crippen molar-refractivity contribution in [2.45, 2.75) is 50.2 Å². The third-order valence-corrected chi connectivity index (χ3v) is 6.48. The third kappa shape index (κ3) is 1.40. The molecule has 0 unspecified atom stereocenters. The molecule has 21 heavy (non-hydrogen) atoms. The van der Waals surface area contributed by atoms with E-state index < -0.39 is 0 Å². The summed E-state index contributed by atoms with van der Waals surface area (Å²) in [4.78, 5) is 25.1. The van der Waals surface area contributed by atoms with Crippen LogP contribution in [0.15, 0.2) is 12.2 Å². The van der Waals surface area contributed by atoms with Crippen molar-refractivity contribution in [2.75, 3.05) is 0 Å². The van der Waals surface area contributed by atoms with Crippen molar-refractivity contribution in [3.05, 3.63) is 12.2 Å². The maximum Gasteiger partial charge on any atom is 0.248 e. The van der Waals surface area contributed by atoms with E-state index in [0.29, 0.717) is 18.3 Å². The zero-order chi connectivity index (χ0) is 14.2. The van der Waals surface area contributed by atoms with Gasteiger partial charge in [0, 0.05) is 18.4 Å². The molecule has 0 aromatic carbocycles. The van der Waals surface area contributed by atoms with E-state index in [0.717, 1.165) is 25.7 Å². The first kappa shape index (κ1) is 12.2. The third-order valence-electron chi connectivity index (χ3n) is 6.48. The van der Waals surface area contributed by atoms with Crippen LogP contribution in [0.4, 0.5) is 0 Å². The Bertz CT molecular complexity index is 560. The molecule has 6 atom stereocenters. The van der Waals surface area contributed by atoms with Crippen LogP contribution < -0.4 is 10.7 Å². The highest BCUT2D eigenvalue weighted by Crippen LogP contribution is 2.51. The minimum Gasteiger partial charge on any atom is -0.289 e. The molecule has 2 saturated carbocycles. The summed E-state index contributed by atoms with van der Waals surface area (Å²) in [5, 5.41) is 5.56. The molecule has 1 spiro atoms. The van der Waals surface area contributed by atoms with Crippen LogP contribution in [-0.2, 0) is 9.59 Å². The van der Waals surface area contributed by atoms with Gasteiger partial charge in [-0.1, -0.05) is 18.6 Å². The van der Waals surface area contributed by atoms with E-state index in [1.54, 1.807) is 5.01 Å². The molecule has 3 aliphatic carbocycles. The number of amides is 2. The summed E-state index contributed by atoms with van der Waals surface area (Å²) >= 11 is 0. The lowest BCUT2D eigenvalue weighted by molar-refractivity contribution is -0.185. The molecule has 0 radical (unpaired) electrons. The standard InChI is InChI=1S/C16H21N3O2/c20-12-8-11-3-1-2-6-16(11)17-14-10-5-4-9(7-10)13(14)15(21)19(16)18-12/h4-5,9-11,13-14,17H,1-3,6-8H2,(H,18,20)/t9-,10+,11-,13+,14-,16-/m0/s1. The van der Waals surface area contributed by atoms with E-state index in [-0.39, 0.29) is 35.4 Å². The topological polar surface area (TPSA) is 61.4 Å². The van der Waals surface area contributed by atoms with Crippen molar-refractivity contribution < 1.29 is 9.59 Å². The summed E-state index contributed by atoms with van der Waals surface area (Å²) in [5.74, 6) is 1.30. The molecule has 4 fully saturated rings. The van der Waals surface area contributed by atoms with Gasteiger partial charge >= 0.3 is 0 Å². The van der Waals surface area contributed by atoms with E-state index in [9.17, 15) is 9.59 Å². The van der Waals surface area contributed by atoms with E-state index in [1.807, 2.05) is 0 Å². The van der Waals surface area contributed by atoms with Gasteiger partial charge in [0.05, 0.1) is 5.92 Å². The lowest BCUT2D eigenvalue weighted by Gasteiger charge is -2.59. The van der Waals surface area contributed by atoms with Crippen LogP contribution in [0.25, 0.3) is 0 Å². The number of allylic oxidation sites excluding steroid dienone is 1.